The molecule has 22 heavy (non-hydrogen) atoms. The molecule has 0 unspecified atom stereocenters. The van der Waals surface area contributed by atoms with E-state index in [0.717, 1.165) is 17.7 Å². The van der Waals surface area contributed by atoms with E-state index in [4.69, 9.17) is 4.74 Å². The predicted molar refractivity (Wildman–Crippen MR) is 90.0 cm³/mol. The summed E-state index contributed by atoms with van der Waals surface area (Å²) in [7, 11) is 1.67. The topological polar surface area (TPSA) is 51.2 Å². The number of hydrogen-bond donors (Lipinski definition) is 1. The van der Waals surface area contributed by atoms with Crippen LogP contribution >= 0.6 is 12.4 Å². The van der Waals surface area contributed by atoms with Crippen molar-refractivity contribution in [1.82, 2.24) is 10.3 Å². The van der Waals surface area contributed by atoms with Gasteiger partial charge in [-0.25, -0.2) is 0 Å². The fourth-order valence-electron chi connectivity index (χ4n) is 2.14. The molecule has 118 valence electrons. The van der Waals surface area contributed by atoms with Crippen LogP contribution in [0.3, 0.4) is 0 Å². The second-order valence-corrected chi connectivity index (χ2v) is 5.00. The molecule has 1 N–H and O–H groups in total. The minimum absolute atomic E-state index is 0. The Hall–Kier alpha value is -2.07. The number of carbonyl (C=O) groups is 1. The van der Waals surface area contributed by atoms with Crippen LogP contribution in [0.5, 0.6) is 5.75 Å². The largest absolute Gasteiger partial charge is 0.496 e. The summed E-state index contributed by atoms with van der Waals surface area (Å²) < 4.78 is 5.40. The molecule has 0 fully saturated rings. The first-order valence-electron chi connectivity index (χ1n) is 6.94. The standard InChI is InChI=1S/C17H20N2O2.ClH/c1-12-9-14(16(21-3)10-13(12)2)6-8-19-17(20)15-5-4-7-18-11-15;/h4-5,7,9-11H,6,8H2,1-3H3,(H,19,20);1H. The van der Waals surface area contributed by atoms with Crippen molar-refractivity contribution in [2.24, 2.45) is 0 Å². The van der Waals surface area contributed by atoms with Crippen LogP contribution in [0.4, 0.5) is 0 Å². The summed E-state index contributed by atoms with van der Waals surface area (Å²) in [5.74, 6) is 0.764. The van der Waals surface area contributed by atoms with Crippen LogP contribution in [0.1, 0.15) is 27.0 Å². The van der Waals surface area contributed by atoms with E-state index in [1.54, 1.807) is 31.6 Å². The maximum absolute atomic E-state index is 11.9. The number of rotatable bonds is 5. The molecule has 0 spiro atoms. The lowest BCUT2D eigenvalue weighted by atomic mass is 10.0. The first-order valence-corrected chi connectivity index (χ1v) is 6.94. The molecule has 0 aliphatic carbocycles. The average Bonchev–Trinajstić information content (AvgIpc) is 2.51. The van der Waals surface area contributed by atoms with Gasteiger partial charge in [0.1, 0.15) is 5.75 Å². The van der Waals surface area contributed by atoms with Gasteiger partial charge in [0.15, 0.2) is 0 Å². The summed E-state index contributed by atoms with van der Waals surface area (Å²) >= 11 is 0. The third-order valence-corrected chi connectivity index (χ3v) is 3.50. The number of pyridine rings is 1. The van der Waals surface area contributed by atoms with Gasteiger partial charge in [-0.2, -0.15) is 0 Å². The summed E-state index contributed by atoms with van der Waals surface area (Å²) in [6, 6.07) is 7.65. The Labute approximate surface area is 137 Å². The molecule has 5 heteroatoms. The fourth-order valence-corrected chi connectivity index (χ4v) is 2.14. The maximum Gasteiger partial charge on any atom is 0.252 e. The SMILES string of the molecule is COc1cc(C)c(C)cc1CCNC(=O)c1cccnc1.Cl. The van der Waals surface area contributed by atoms with Gasteiger partial charge in [-0.05, 0) is 55.2 Å². The van der Waals surface area contributed by atoms with Crippen molar-refractivity contribution in [1.29, 1.82) is 0 Å². The predicted octanol–water partition coefficient (Wildman–Crippen LogP) is 3.10. The minimum Gasteiger partial charge on any atom is -0.496 e. The highest BCUT2D eigenvalue weighted by atomic mass is 35.5. The molecule has 0 aliphatic rings. The van der Waals surface area contributed by atoms with Gasteiger partial charge in [0.05, 0.1) is 12.7 Å². The second-order valence-electron chi connectivity index (χ2n) is 5.00. The number of aryl methyl sites for hydroxylation is 2. The molecule has 0 radical (unpaired) electrons. The number of nitrogens with zero attached hydrogens (tertiary/aromatic N) is 1. The molecule has 1 amide bonds. The zero-order chi connectivity index (χ0) is 15.2. The Bertz CT molecular complexity index is 630. The lowest BCUT2D eigenvalue weighted by Gasteiger charge is -2.12. The van der Waals surface area contributed by atoms with Gasteiger partial charge in [0, 0.05) is 18.9 Å². The van der Waals surface area contributed by atoms with Crippen LogP contribution < -0.4 is 10.1 Å². The first kappa shape index (κ1) is 18.0. The highest BCUT2D eigenvalue weighted by molar-refractivity contribution is 5.93. The molecule has 1 aromatic carbocycles. The average molecular weight is 321 g/mol. The van der Waals surface area contributed by atoms with Crippen LogP contribution in [0.15, 0.2) is 36.7 Å². The first-order chi connectivity index (χ1) is 10.1. The van der Waals surface area contributed by atoms with Gasteiger partial charge >= 0.3 is 0 Å². The molecule has 4 nitrogen and oxygen atoms in total. The molecule has 1 aromatic heterocycles. The zero-order valence-electron chi connectivity index (χ0n) is 13.1. The van der Waals surface area contributed by atoms with E-state index in [9.17, 15) is 4.79 Å². The molecule has 2 aromatic rings. The van der Waals surface area contributed by atoms with Crippen molar-refractivity contribution in [2.45, 2.75) is 20.3 Å². The summed E-state index contributed by atoms with van der Waals surface area (Å²) in [6.45, 7) is 4.70. The quantitative estimate of drug-likeness (QED) is 0.921. The Morgan fingerprint density at radius 1 is 1.27 bits per heavy atom. The third-order valence-electron chi connectivity index (χ3n) is 3.50. The fraction of sp³-hybridized carbons (Fsp3) is 0.294. The molecule has 2 rings (SSSR count). The zero-order valence-corrected chi connectivity index (χ0v) is 13.9. The molecule has 0 bridgehead atoms. The lowest BCUT2D eigenvalue weighted by molar-refractivity contribution is 0.0953. The summed E-state index contributed by atoms with van der Waals surface area (Å²) in [5, 5.41) is 2.90. The lowest BCUT2D eigenvalue weighted by Crippen LogP contribution is -2.25. The Kier molecular flexibility index (Phi) is 6.86. The normalized spacial score (nSPS) is 9.77. The second kappa shape index (κ2) is 8.39. The highest BCUT2D eigenvalue weighted by Gasteiger charge is 2.08. The van der Waals surface area contributed by atoms with Crippen molar-refractivity contribution >= 4 is 18.3 Å². The van der Waals surface area contributed by atoms with Gasteiger partial charge in [-0.15, -0.1) is 12.4 Å². The molecular weight excluding hydrogens is 300 g/mol. The number of halogens is 1. The molecule has 0 saturated carbocycles. The molecule has 0 saturated heterocycles. The minimum atomic E-state index is -0.106. The van der Waals surface area contributed by atoms with E-state index < -0.39 is 0 Å². The molecule has 0 aliphatic heterocycles. The number of hydrogen-bond acceptors (Lipinski definition) is 3. The van der Waals surface area contributed by atoms with Gasteiger partial charge in [0.2, 0.25) is 0 Å². The van der Waals surface area contributed by atoms with Crippen LogP contribution in [0.25, 0.3) is 0 Å². The number of nitrogens with one attached hydrogen (secondary N) is 1. The third kappa shape index (κ3) is 4.46. The van der Waals surface area contributed by atoms with Crippen molar-refractivity contribution in [2.75, 3.05) is 13.7 Å². The van der Waals surface area contributed by atoms with Crippen molar-refractivity contribution in [3.8, 4) is 5.75 Å². The van der Waals surface area contributed by atoms with E-state index in [1.807, 2.05) is 6.07 Å². The number of benzene rings is 1. The molecular formula is C17H21ClN2O2. The van der Waals surface area contributed by atoms with E-state index >= 15 is 0 Å². The summed E-state index contributed by atoms with van der Waals surface area (Å²) in [6.07, 6.45) is 3.94. The van der Waals surface area contributed by atoms with Crippen LogP contribution in [0, 0.1) is 13.8 Å². The van der Waals surface area contributed by atoms with Crippen molar-refractivity contribution in [3.05, 3.63) is 58.9 Å². The van der Waals surface area contributed by atoms with Gasteiger partial charge in [0.25, 0.3) is 5.91 Å². The number of aromatic nitrogens is 1. The number of ether oxygens (including phenoxy) is 1. The monoisotopic (exact) mass is 320 g/mol. The van der Waals surface area contributed by atoms with Crippen molar-refractivity contribution < 1.29 is 9.53 Å². The smallest absolute Gasteiger partial charge is 0.252 e. The molecule has 1 heterocycles. The van der Waals surface area contributed by atoms with E-state index in [1.165, 1.54) is 11.1 Å². The van der Waals surface area contributed by atoms with Gasteiger partial charge < -0.3 is 10.1 Å². The van der Waals surface area contributed by atoms with E-state index in [-0.39, 0.29) is 18.3 Å². The Balaban J connectivity index is 0.00000242. The maximum atomic E-state index is 11.9. The number of amides is 1. The Morgan fingerprint density at radius 2 is 2.00 bits per heavy atom. The summed E-state index contributed by atoms with van der Waals surface area (Å²) in [5.41, 5.74) is 4.11. The summed E-state index contributed by atoms with van der Waals surface area (Å²) in [4.78, 5) is 15.9. The van der Waals surface area contributed by atoms with E-state index in [2.05, 4.69) is 30.2 Å². The highest BCUT2D eigenvalue weighted by Crippen LogP contribution is 2.23. The van der Waals surface area contributed by atoms with Gasteiger partial charge in [-0.3, -0.25) is 9.78 Å². The van der Waals surface area contributed by atoms with E-state index in [0.29, 0.717) is 12.1 Å². The van der Waals surface area contributed by atoms with Crippen LogP contribution in [-0.4, -0.2) is 24.5 Å². The Morgan fingerprint density at radius 3 is 2.64 bits per heavy atom. The number of carbonyl (C=O) groups excluding carboxylic acids is 1. The van der Waals surface area contributed by atoms with Gasteiger partial charge in [-0.1, -0.05) is 6.07 Å². The number of methoxy groups -OCH3 is 1. The van der Waals surface area contributed by atoms with Crippen molar-refractivity contribution in [3.63, 3.8) is 0 Å². The van der Waals surface area contributed by atoms with Crippen LogP contribution in [0.2, 0.25) is 0 Å². The molecule has 0 atom stereocenters. The van der Waals surface area contributed by atoms with Crippen LogP contribution in [-0.2, 0) is 6.42 Å².